The first-order chi connectivity index (χ1) is 12.5. The van der Waals surface area contributed by atoms with Crippen LogP contribution in [0.4, 0.5) is 18.9 Å². The molecule has 144 valence electrons. The second kappa shape index (κ2) is 6.48. The van der Waals surface area contributed by atoms with Crippen LogP contribution in [0.15, 0.2) is 35.5 Å². The largest absolute Gasteiger partial charge is 0.435 e. The highest BCUT2D eigenvalue weighted by molar-refractivity contribution is 7.91. The molecular weight excluding hydrogens is 383 g/mol. The molecule has 3 aromatic rings. The molecule has 3 aromatic heterocycles. The summed E-state index contributed by atoms with van der Waals surface area (Å²) in [4.78, 5) is 10.0. The lowest BCUT2D eigenvalue weighted by molar-refractivity contribution is -0.141. The van der Waals surface area contributed by atoms with Gasteiger partial charge < -0.3 is 4.90 Å². The first-order valence-corrected chi connectivity index (χ1v) is 9.52. The smallest absolute Gasteiger partial charge is 0.376 e. The van der Waals surface area contributed by atoms with E-state index < -0.39 is 21.7 Å². The van der Waals surface area contributed by atoms with E-state index in [-0.39, 0.29) is 27.7 Å². The van der Waals surface area contributed by atoms with Crippen molar-refractivity contribution in [2.24, 2.45) is 0 Å². The molecule has 0 saturated carbocycles. The van der Waals surface area contributed by atoms with Crippen LogP contribution in [0.2, 0.25) is 0 Å². The second-order valence-corrected chi connectivity index (χ2v) is 8.23. The number of halogens is 3. The predicted molar refractivity (Wildman–Crippen MR) is 93.3 cm³/mol. The minimum absolute atomic E-state index is 0.0244. The van der Waals surface area contributed by atoms with E-state index in [2.05, 4.69) is 15.1 Å². The molecule has 3 rings (SSSR count). The normalized spacial score (nSPS) is 12.5. The number of rotatable bonds is 4. The minimum Gasteiger partial charge on any atom is -0.376 e. The lowest BCUT2D eigenvalue weighted by Gasteiger charge is -2.15. The summed E-state index contributed by atoms with van der Waals surface area (Å²) in [6.07, 6.45) is -1.83. The number of sulfone groups is 1. The summed E-state index contributed by atoms with van der Waals surface area (Å²) >= 11 is 0. The van der Waals surface area contributed by atoms with Gasteiger partial charge in [-0.3, -0.25) is 4.98 Å². The molecule has 0 spiro atoms. The zero-order valence-corrected chi connectivity index (χ0v) is 15.5. The predicted octanol–water partition coefficient (Wildman–Crippen LogP) is 2.67. The van der Waals surface area contributed by atoms with Gasteiger partial charge in [0.15, 0.2) is 21.2 Å². The van der Waals surface area contributed by atoms with Crippen LogP contribution in [0.25, 0.3) is 17.0 Å². The Bertz CT molecular complexity index is 1110. The summed E-state index contributed by atoms with van der Waals surface area (Å²) < 4.78 is 64.5. The Hall–Kier alpha value is -2.69. The van der Waals surface area contributed by atoms with Crippen LogP contribution in [0.5, 0.6) is 0 Å². The van der Waals surface area contributed by atoms with E-state index in [0.717, 1.165) is 10.6 Å². The molecule has 0 aromatic carbocycles. The molecule has 0 amide bonds. The second-order valence-electron chi connectivity index (χ2n) is 5.98. The van der Waals surface area contributed by atoms with Crippen molar-refractivity contribution in [3.05, 3.63) is 36.3 Å². The van der Waals surface area contributed by atoms with Crippen LogP contribution in [0.3, 0.4) is 0 Å². The highest BCUT2D eigenvalue weighted by Crippen LogP contribution is 2.31. The lowest BCUT2D eigenvalue weighted by Crippen LogP contribution is -2.13. The van der Waals surface area contributed by atoms with Gasteiger partial charge in [0.2, 0.25) is 0 Å². The maximum absolute atomic E-state index is 12.8. The van der Waals surface area contributed by atoms with E-state index in [4.69, 9.17) is 0 Å². The topological polar surface area (TPSA) is 80.5 Å². The van der Waals surface area contributed by atoms with Crippen LogP contribution >= 0.6 is 0 Å². The van der Waals surface area contributed by atoms with Crippen molar-refractivity contribution in [1.29, 1.82) is 0 Å². The van der Waals surface area contributed by atoms with Crippen molar-refractivity contribution in [1.82, 2.24) is 19.6 Å². The van der Waals surface area contributed by atoms with Crippen molar-refractivity contribution < 1.29 is 21.6 Å². The molecular formula is C16H16F3N5O2S. The molecule has 0 saturated heterocycles. The van der Waals surface area contributed by atoms with E-state index >= 15 is 0 Å². The van der Waals surface area contributed by atoms with Gasteiger partial charge in [-0.1, -0.05) is 6.92 Å². The third-order valence-electron chi connectivity index (χ3n) is 3.93. The summed E-state index contributed by atoms with van der Waals surface area (Å²) in [5, 5.41) is 3.43. The Labute approximate surface area is 153 Å². The molecule has 11 heteroatoms. The number of anilines is 1. The number of alkyl halides is 3. The zero-order valence-electron chi connectivity index (χ0n) is 14.7. The monoisotopic (exact) mass is 399 g/mol. The molecule has 0 unspecified atom stereocenters. The zero-order chi connectivity index (χ0) is 20.0. The minimum atomic E-state index is -4.60. The van der Waals surface area contributed by atoms with Crippen molar-refractivity contribution >= 4 is 21.2 Å². The average Bonchev–Trinajstić information content (AvgIpc) is 3.04. The molecule has 0 aliphatic carbocycles. The van der Waals surface area contributed by atoms with Crippen LogP contribution in [0, 0.1) is 0 Å². The standard InChI is InChI=1S/C16H16F3N5O2S/c1-4-27(25,26)12-7-10(23(2)3)9-20-15(12)11-5-6-24-14(21-11)8-13(22-24)16(17,18)19/h5-9H,4H2,1-3H3. The van der Waals surface area contributed by atoms with E-state index in [9.17, 15) is 21.6 Å². The Morgan fingerprint density at radius 2 is 1.93 bits per heavy atom. The number of aromatic nitrogens is 4. The van der Waals surface area contributed by atoms with Gasteiger partial charge in [-0.25, -0.2) is 17.9 Å². The van der Waals surface area contributed by atoms with E-state index in [0.29, 0.717) is 5.69 Å². The van der Waals surface area contributed by atoms with Gasteiger partial charge in [0.25, 0.3) is 0 Å². The highest BCUT2D eigenvalue weighted by Gasteiger charge is 2.34. The van der Waals surface area contributed by atoms with Gasteiger partial charge in [-0.05, 0) is 12.1 Å². The van der Waals surface area contributed by atoms with Gasteiger partial charge in [0.05, 0.1) is 28.2 Å². The first-order valence-electron chi connectivity index (χ1n) is 7.87. The van der Waals surface area contributed by atoms with Gasteiger partial charge in [-0.2, -0.15) is 18.3 Å². The fourth-order valence-corrected chi connectivity index (χ4v) is 3.48. The molecule has 7 nitrogen and oxygen atoms in total. The number of nitrogens with zero attached hydrogens (tertiary/aromatic N) is 5. The van der Waals surface area contributed by atoms with Crippen LogP contribution in [-0.2, 0) is 16.0 Å². The summed E-state index contributed by atoms with van der Waals surface area (Å²) in [5.74, 6) is -0.147. The quantitative estimate of drug-likeness (QED) is 0.671. The molecule has 0 atom stereocenters. The number of fused-ring (bicyclic) bond motifs is 1. The number of hydrogen-bond acceptors (Lipinski definition) is 6. The first kappa shape index (κ1) is 19.1. The Morgan fingerprint density at radius 1 is 1.22 bits per heavy atom. The summed E-state index contributed by atoms with van der Waals surface area (Å²) in [7, 11) is -0.147. The Morgan fingerprint density at radius 3 is 2.52 bits per heavy atom. The van der Waals surface area contributed by atoms with E-state index in [1.807, 2.05) is 0 Å². The van der Waals surface area contributed by atoms with Gasteiger partial charge in [-0.15, -0.1) is 0 Å². The molecule has 27 heavy (non-hydrogen) atoms. The summed E-state index contributed by atoms with van der Waals surface area (Å²) in [6, 6.07) is 3.66. The third-order valence-corrected chi connectivity index (χ3v) is 5.67. The molecule has 3 heterocycles. The number of pyridine rings is 1. The molecule has 0 radical (unpaired) electrons. The van der Waals surface area contributed by atoms with Crippen LogP contribution in [0.1, 0.15) is 12.6 Å². The SMILES string of the molecule is CCS(=O)(=O)c1cc(N(C)C)cnc1-c1ccn2nc(C(F)(F)F)cc2n1. The van der Waals surface area contributed by atoms with Gasteiger partial charge in [0, 0.05) is 26.4 Å². The fourth-order valence-electron chi connectivity index (χ4n) is 2.41. The van der Waals surface area contributed by atoms with Crippen molar-refractivity contribution in [3.63, 3.8) is 0 Å². The maximum atomic E-state index is 12.8. The fraction of sp³-hybridized carbons (Fsp3) is 0.312. The average molecular weight is 399 g/mol. The summed E-state index contributed by atoms with van der Waals surface area (Å²) in [5.41, 5.74) is -0.327. The molecule has 0 aliphatic rings. The van der Waals surface area contributed by atoms with Crippen LogP contribution < -0.4 is 4.90 Å². The third kappa shape index (κ3) is 3.59. The number of hydrogen-bond donors (Lipinski definition) is 0. The maximum Gasteiger partial charge on any atom is 0.435 e. The van der Waals surface area contributed by atoms with Gasteiger partial charge in [0.1, 0.15) is 5.69 Å². The molecule has 0 fully saturated rings. The Balaban J connectivity index is 2.21. The molecule has 0 N–H and O–H groups in total. The van der Waals surface area contributed by atoms with E-state index in [1.54, 1.807) is 19.0 Å². The van der Waals surface area contributed by atoms with Crippen molar-refractivity contribution in [2.45, 2.75) is 18.0 Å². The molecule has 0 bridgehead atoms. The van der Waals surface area contributed by atoms with Crippen molar-refractivity contribution in [3.8, 4) is 11.4 Å². The van der Waals surface area contributed by atoms with Gasteiger partial charge >= 0.3 is 6.18 Å². The Kier molecular flexibility index (Phi) is 4.58. The lowest BCUT2D eigenvalue weighted by atomic mass is 10.2. The van der Waals surface area contributed by atoms with Crippen LogP contribution in [-0.4, -0.2) is 47.8 Å². The highest BCUT2D eigenvalue weighted by atomic mass is 32.2. The van der Waals surface area contributed by atoms with Crippen molar-refractivity contribution in [2.75, 3.05) is 24.7 Å². The molecule has 0 aliphatic heterocycles. The summed E-state index contributed by atoms with van der Waals surface area (Å²) in [6.45, 7) is 1.50. The van der Waals surface area contributed by atoms with E-state index in [1.165, 1.54) is 31.5 Å².